The van der Waals surface area contributed by atoms with Crippen molar-refractivity contribution in [2.75, 3.05) is 29.9 Å². The SMILES string of the molecule is O=C(Nc1cc(F)cc(N2CCCC2)c1)NC(CCO)C1CC1. The Kier molecular flexibility index (Phi) is 5.00. The third-order valence-electron chi connectivity index (χ3n) is 4.56. The van der Waals surface area contributed by atoms with Gasteiger partial charge in [-0.1, -0.05) is 0 Å². The summed E-state index contributed by atoms with van der Waals surface area (Å²) in [6.45, 7) is 1.91. The lowest BCUT2D eigenvalue weighted by atomic mass is 10.1. The molecule has 2 aliphatic rings. The highest BCUT2D eigenvalue weighted by Crippen LogP contribution is 2.34. The van der Waals surface area contributed by atoms with Gasteiger partial charge in [0.15, 0.2) is 0 Å². The van der Waals surface area contributed by atoms with Crippen LogP contribution in [0, 0.1) is 11.7 Å². The number of hydrogen-bond donors (Lipinski definition) is 3. The second-order valence-corrected chi connectivity index (χ2v) is 6.45. The number of carbonyl (C=O) groups is 1. The Morgan fingerprint density at radius 2 is 2.04 bits per heavy atom. The van der Waals surface area contributed by atoms with Crippen LogP contribution in [-0.2, 0) is 0 Å². The Morgan fingerprint density at radius 1 is 1.30 bits per heavy atom. The molecule has 1 saturated heterocycles. The number of rotatable bonds is 6. The summed E-state index contributed by atoms with van der Waals surface area (Å²) in [6, 6.07) is 4.30. The minimum absolute atomic E-state index is 0.00777. The fourth-order valence-corrected chi connectivity index (χ4v) is 3.20. The summed E-state index contributed by atoms with van der Waals surface area (Å²) < 4.78 is 13.8. The van der Waals surface area contributed by atoms with Crippen molar-refractivity contribution < 1.29 is 14.3 Å². The van der Waals surface area contributed by atoms with Crippen molar-refractivity contribution in [2.24, 2.45) is 5.92 Å². The van der Waals surface area contributed by atoms with E-state index in [1.165, 1.54) is 12.1 Å². The molecular weight excluding hydrogens is 297 g/mol. The van der Waals surface area contributed by atoms with E-state index in [9.17, 15) is 9.18 Å². The summed E-state index contributed by atoms with van der Waals surface area (Å²) >= 11 is 0. The molecule has 0 bridgehead atoms. The average molecular weight is 321 g/mol. The van der Waals surface area contributed by atoms with Gasteiger partial charge in [-0.3, -0.25) is 0 Å². The number of hydrogen-bond acceptors (Lipinski definition) is 3. The lowest BCUT2D eigenvalue weighted by molar-refractivity contribution is 0.234. The van der Waals surface area contributed by atoms with Crippen LogP contribution in [0.25, 0.3) is 0 Å². The Labute approximate surface area is 135 Å². The number of anilines is 2. The predicted octanol–water partition coefficient (Wildman–Crippen LogP) is 2.71. The maximum absolute atomic E-state index is 13.8. The summed E-state index contributed by atoms with van der Waals surface area (Å²) in [4.78, 5) is 14.3. The van der Waals surface area contributed by atoms with E-state index in [0.29, 0.717) is 18.0 Å². The van der Waals surface area contributed by atoms with Crippen LogP contribution in [0.4, 0.5) is 20.6 Å². The molecule has 1 heterocycles. The molecule has 5 nitrogen and oxygen atoms in total. The highest BCUT2D eigenvalue weighted by Gasteiger charge is 2.31. The zero-order chi connectivity index (χ0) is 16.2. The Bertz CT molecular complexity index is 557. The third kappa shape index (κ3) is 4.34. The van der Waals surface area contributed by atoms with E-state index in [1.54, 1.807) is 0 Å². The van der Waals surface area contributed by atoms with Gasteiger partial charge in [0.25, 0.3) is 0 Å². The van der Waals surface area contributed by atoms with Crippen LogP contribution in [-0.4, -0.2) is 36.9 Å². The van der Waals surface area contributed by atoms with E-state index in [2.05, 4.69) is 15.5 Å². The molecule has 2 amide bonds. The number of urea groups is 1. The van der Waals surface area contributed by atoms with Crippen molar-refractivity contribution in [2.45, 2.75) is 38.1 Å². The molecule has 3 N–H and O–H groups in total. The van der Waals surface area contributed by atoms with Crippen molar-refractivity contribution >= 4 is 17.4 Å². The number of nitrogens with zero attached hydrogens (tertiary/aromatic N) is 1. The molecular formula is C17H24FN3O2. The first-order valence-corrected chi connectivity index (χ1v) is 8.39. The predicted molar refractivity (Wildman–Crippen MR) is 88.2 cm³/mol. The molecule has 1 aromatic rings. The van der Waals surface area contributed by atoms with E-state index in [-0.39, 0.29) is 24.5 Å². The Morgan fingerprint density at radius 3 is 2.70 bits per heavy atom. The molecule has 1 aliphatic carbocycles. The highest BCUT2D eigenvalue weighted by molar-refractivity contribution is 5.90. The van der Waals surface area contributed by atoms with E-state index in [1.807, 2.05) is 6.07 Å². The molecule has 1 aliphatic heterocycles. The summed E-state index contributed by atoms with van der Waals surface area (Å²) in [5.74, 6) is 0.111. The lowest BCUT2D eigenvalue weighted by Gasteiger charge is -2.20. The summed E-state index contributed by atoms with van der Waals surface area (Å²) in [5.41, 5.74) is 1.27. The molecule has 1 aromatic carbocycles. The zero-order valence-electron chi connectivity index (χ0n) is 13.2. The number of aliphatic hydroxyl groups is 1. The molecule has 0 spiro atoms. The molecule has 0 aromatic heterocycles. The van der Waals surface area contributed by atoms with E-state index < -0.39 is 0 Å². The fourth-order valence-electron chi connectivity index (χ4n) is 3.20. The summed E-state index contributed by atoms with van der Waals surface area (Å²) in [7, 11) is 0. The smallest absolute Gasteiger partial charge is 0.319 e. The van der Waals surface area contributed by atoms with Crippen LogP contribution in [0.1, 0.15) is 32.1 Å². The standard InChI is InChI=1S/C17H24FN3O2/c18-13-9-14(11-15(10-13)21-6-1-2-7-21)19-17(23)20-16(5-8-22)12-3-4-12/h9-12,16,22H,1-8H2,(H2,19,20,23). The second-order valence-electron chi connectivity index (χ2n) is 6.45. The first-order chi connectivity index (χ1) is 11.2. The van der Waals surface area contributed by atoms with Gasteiger partial charge in [0.05, 0.1) is 0 Å². The normalized spacial score (nSPS) is 18.8. The Hall–Kier alpha value is -1.82. The number of halogens is 1. The molecule has 3 rings (SSSR count). The van der Waals surface area contributed by atoms with Gasteiger partial charge in [-0.2, -0.15) is 0 Å². The van der Waals surface area contributed by atoms with Gasteiger partial charge >= 0.3 is 6.03 Å². The number of amides is 2. The van der Waals surface area contributed by atoms with Crippen molar-refractivity contribution in [3.8, 4) is 0 Å². The monoisotopic (exact) mass is 321 g/mol. The van der Waals surface area contributed by atoms with Crippen LogP contribution in [0.15, 0.2) is 18.2 Å². The average Bonchev–Trinajstić information content (AvgIpc) is 3.20. The maximum Gasteiger partial charge on any atom is 0.319 e. The van der Waals surface area contributed by atoms with E-state index in [4.69, 9.17) is 5.11 Å². The van der Waals surface area contributed by atoms with Gasteiger partial charge < -0.3 is 20.6 Å². The molecule has 2 fully saturated rings. The van der Waals surface area contributed by atoms with Gasteiger partial charge in [-0.15, -0.1) is 0 Å². The highest BCUT2D eigenvalue weighted by atomic mass is 19.1. The number of carbonyl (C=O) groups excluding carboxylic acids is 1. The molecule has 0 radical (unpaired) electrons. The quantitative estimate of drug-likeness (QED) is 0.755. The minimum Gasteiger partial charge on any atom is -0.396 e. The third-order valence-corrected chi connectivity index (χ3v) is 4.56. The largest absolute Gasteiger partial charge is 0.396 e. The topological polar surface area (TPSA) is 64.6 Å². The molecule has 1 unspecified atom stereocenters. The number of aliphatic hydroxyl groups excluding tert-OH is 1. The zero-order valence-corrected chi connectivity index (χ0v) is 13.2. The first kappa shape index (κ1) is 16.1. The summed E-state index contributed by atoms with van der Waals surface area (Å²) in [5, 5.41) is 14.7. The molecule has 23 heavy (non-hydrogen) atoms. The van der Waals surface area contributed by atoms with Gasteiger partial charge in [0, 0.05) is 37.1 Å². The summed E-state index contributed by atoms with van der Waals surface area (Å²) in [6.07, 6.45) is 4.96. The number of nitrogens with one attached hydrogen (secondary N) is 2. The van der Waals surface area contributed by atoms with E-state index in [0.717, 1.165) is 44.5 Å². The van der Waals surface area contributed by atoms with Crippen LogP contribution in [0.5, 0.6) is 0 Å². The minimum atomic E-state index is -0.348. The molecule has 1 saturated carbocycles. The molecule has 126 valence electrons. The van der Waals surface area contributed by atoms with Crippen molar-refractivity contribution in [1.82, 2.24) is 5.32 Å². The van der Waals surface area contributed by atoms with Crippen LogP contribution >= 0.6 is 0 Å². The second kappa shape index (κ2) is 7.17. The lowest BCUT2D eigenvalue weighted by Crippen LogP contribution is -2.39. The Balaban J connectivity index is 1.63. The fraction of sp³-hybridized carbons (Fsp3) is 0.588. The van der Waals surface area contributed by atoms with E-state index >= 15 is 0 Å². The van der Waals surface area contributed by atoms with Crippen LogP contribution < -0.4 is 15.5 Å². The van der Waals surface area contributed by atoms with Gasteiger partial charge in [-0.05, 0) is 56.2 Å². The molecule has 1 atom stereocenters. The van der Waals surface area contributed by atoms with Crippen molar-refractivity contribution in [3.63, 3.8) is 0 Å². The van der Waals surface area contributed by atoms with Crippen LogP contribution in [0.3, 0.4) is 0 Å². The van der Waals surface area contributed by atoms with Crippen LogP contribution in [0.2, 0.25) is 0 Å². The first-order valence-electron chi connectivity index (χ1n) is 8.39. The number of benzene rings is 1. The maximum atomic E-state index is 13.8. The molecule has 6 heteroatoms. The van der Waals surface area contributed by atoms with Gasteiger partial charge in [0.1, 0.15) is 5.82 Å². The van der Waals surface area contributed by atoms with Crippen molar-refractivity contribution in [3.05, 3.63) is 24.0 Å². The van der Waals surface area contributed by atoms with Gasteiger partial charge in [0.2, 0.25) is 0 Å². The van der Waals surface area contributed by atoms with Crippen molar-refractivity contribution in [1.29, 1.82) is 0 Å². The van der Waals surface area contributed by atoms with Gasteiger partial charge in [-0.25, -0.2) is 9.18 Å².